The number of hydrogen-bond acceptors (Lipinski definition) is 2. The van der Waals surface area contributed by atoms with E-state index in [2.05, 4.69) is 50.5 Å². The van der Waals surface area contributed by atoms with Crippen LogP contribution in [0.1, 0.15) is 24.3 Å². The molecule has 0 amide bonds. The second kappa shape index (κ2) is 5.29. The van der Waals surface area contributed by atoms with Crippen LogP contribution >= 0.6 is 15.9 Å². The van der Waals surface area contributed by atoms with Gasteiger partial charge in [0.2, 0.25) is 5.95 Å². The van der Waals surface area contributed by atoms with Crippen LogP contribution in [0.2, 0.25) is 0 Å². The molecule has 0 bridgehead atoms. The summed E-state index contributed by atoms with van der Waals surface area (Å²) in [6, 6.07) is 12.1. The summed E-state index contributed by atoms with van der Waals surface area (Å²) in [6.45, 7) is 0. The van der Waals surface area contributed by atoms with Gasteiger partial charge in [-0.1, -0.05) is 28.1 Å². The van der Waals surface area contributed by atoms with Crippen molar-refractivity contribution >= 4 is 21.6 Å². The number of pyridine rings is 1. The maximum absolute atomic E-state index is 12.7. The van der Waals surface area contributed by atoms with Gasteiger partial charge in [0.15, 0.2) is 0 Å². The van der Waals surface area contributed by atoms with Gasteiger partial charge in [0.25, 0.3) is 0 Å². The number of anilines is 1. The molecule has 0 atom stereocenters. The summed E-state index contributed by atoms with van der Waals surface area (Å²) in [7, 11) is 0. The largest absolute Gasteiger partial charge is 0.381 e. The molecule has 1 heterocycles. The molecule has 0 saturated heterocycles. The maximum Gasteiger partial charge on any atom is 0.212 e. The molecule has 2 nitrogen and oxygen atoms in total. The summed E-state index contributed by atoms with van der Waals surface area (Å²) >= 11 is 3.45. The summed E-state index contributed by atoms with van der Waals surface area (Å²) in [5, 5.41) is 3.38. The fourth-order valence-corrected chi connectivity index (χ4v) is 2.70. The summed E-state index contributed by atoms with van der Waals surface area (Å²) in [4.78, 5) is 3.64. The molecule has 1 N–H and O–H groups in total. The molecule has 3 rings (SSSR count). The van der Waals surface area contributed by atoms with Gasteiger partial charge in [-0.25, -0.2) is 4.98 Å². The van der Waals surface area contributed by atoms with Crippen LogP contribution in [-0.2, 0) is 0 Å². The second-order valence-corrected chi connectivity index (χ2v) is 5.85. The third-order valence-corrected chi connectivity index (χ3v) is 4.11. The highest BCUT2D eigenvalue weighted by molar-refractivity contribution is 9.10. The molecular weight excluding hydrogens is 307 g/mol. The van der Waals surface area contributed by atoms with Crippen molar-refractivity contribution in [2.24, 2.45) is 0 Å². The standard InChI is InChI=1S/C15H14BrFN2/c16-12-3-1-10(2-4-12)11-7-14(8-11)19-13-5-6-15(17)18-9-13/h1-6,9,11,14,19H,7-8H2. The number of hydrogen-bond donors (Lipinski definition) is 1. The lowest BCUT2D eigenvalue weighted by atomic mass is 9.76. The number of nitrogens with zero attached hydrogens (tertiary/aromatic N) is 1. The Kier molecular flexibility index (Phi) is 3.51. The Bertz CT molecular complexity index is 547. The normalized spacial score (nSPS) is 21.8. The molecule has 0 unspecified atom stereocenters. The third kappa shape index (κ3) is 2.95. The average molecular weight is 321 g/mol. The number of halogens is 2. The van der Waals surface area contributed by atoms with Crippen molar-refractivity contribution in [2.45, 2.75) is 24.8 Å². The summed E-state index contributed by atoms with van der Waals surface area (Å²) in [6.07, 6.45) is 3.76. The monoisotopic (exact) mass is 320 g/mol. The smallest absolute Gasteiger partial charge is 0.212 e. The Balaban J connectivity index is 1.55. The fraction of sp³-hybridized carbons (Fsp3) is 0.267. The van der Waals surface area contributed by atoms with Crippen molar-refractivity contribution in [3.63, 3.8) is 0 Å². The molecule has 98 valence electrons. The number of nitrogens with one attached hydrogen (secondary N) is 1. The Hall–Kier alpha value is -1.42. The first-order valence-electron chi connectivity index (χ1n) is 6.34. The predicted molar refractivity (Wildman–Crippen MR) is 77.7 cm³/mol. The first-order valence-corrected chi connectivity index (χ1v) is 7.13. The van der Waals surface area contributed by atoms with Crippen LogP contribution in [0.15, 0.2) is 47.1 Å². The minimum absolute atomic E-state index is 0.438. The van der Waals surface area contributed by atoms with E-state index < -0.39 is 5.95 Å². The highest BCUT2D eigenvalue weighted by atomic mass is 79.9. The van der Waals surface area contributed by atoms with Gasteiger partial charge >= 0.3 is 0 Å². The van der Waals surface area contributed by atoms with Gasteiger partial charge in [-0.2, -0.15) is 4.39 Å². The minimum Gasteiger partial charge on any atom is -0.381 e. The molecule has 19 heavy (non-hydrogen) atoms. The Labute approximate surface area is 120 Å². The summed E-state index contributed by atoms with van der Waals surface area (Å²) < 4.78 is 13.8. The van der Waals surface area contributed by atoms with Gasteiger partial charge in [0, 0.05) is 10.5 Å². The Morgan fingerprint density at radius 2 is 1.84 bits per heavy atom. The highest BCUT2D eigenvalue weighted by Gasteiger charge is 2.30. The van der Waals surface area contributed by atoms with Crippen LogP contribution in [0.25, 0.3) is 0 Å². The SMILES string of the molecule is Fc1ccc(NC2CC(c3ccc(Br)cc3)C2)cn1. The molecule has 0 spiro atoms. The van der Waals surface area contributed by atoms with Crippen molar-refractivity contribution in [1.82, 2.24) is 4.98 Å². The zero-order valence-corrected chi connectivity index (χ0v) is 11.9. The highest BCUT2D eigenvalue weighted by Crippen LogP contribution is 2.38. The van der Waals surface area contributed by atoms with E-state index in [0.717, 1.165) is 23.0 Å². The van der Waals surface area contributed by atoms with Crippen LogP contribution in [-0.4, -0.2) is 11.0 Å². The lowest BCUT2D eigenvalue weighted by molar-refractivity contribution is 0.374. The minimum atomic E-state index is -0.438. The molecule has 0 radical (unpaired) electrons. The van der Waals surface area contributed by atoms with E-state index in [1.54, 1.807) is 12.3 Å². The van der Waals surface area contributed by atoms with E-state index in [0.29, 0.717) is 12.0 Å². The number of aromatic nitrogens is 1. The van der Waals surface area contributed by atoms with E-state index in [1.165, 1.54) is 11.6 Å². The molecule has 1 aliphatic carbocycles. The zero-order chi connectivity index (χ0) is 13.2. The Morgan fingerprint density at radius 3 is 2.47 bits per heavy atom. The first kappa shape index (κ1) is 12.6. The van der Waals surface area contributed by atoms with Crippen LogP contribution in [0.5, 0.6) is 0 Å². The van der Waals surface area contributed by atoms with E-state index in [9.17, 15) is 4.39 Å². The van der Waals surface area contributed by atoms with Gasteiger partial charge in [-0.05, 0) is 48.6 Å². The van der Waals surface area contributed by atoms with E-state index in [4.69, 9.17) is 0 Å². The van der Waals surface area contributed by atoms with Crippen molar-refractivity contribution in [3.05, 3.63) is 58.6 Å². The van der Waals surface area contributed by atoms with E-state index >= 15 is 0 Å². The van der Waals surface area contributed by atoms with E-state index in [1.807, 2.05) is 0 Å². The molecule has 1 aromatic heterocycles. The van der Waals surface area contributed by atoms with Gasteiger partial charge < -0.3 is 5.32 Å². The van der Waals surface area contributed by atoms with Crippen LogP contribution in [0.3, 0.4) is 0 Å². The van der Waals surface area contributed by atoms with Gasteiger partial charge in [0.05, 0.1) is 11.9 Å². The average Bonchev–Trinajstić information content (AvgIpc) is 2.37. The molecule has 1 saturated carbocycles. The summed E-state index contributed by atoms with van der Waals surface area (Å²) in [5.41, 5.74) is 2.28. The maximum atomic E-state index is 12.7. The van der Waals surface area contributed by atoms with Crippen molar-refractivity contribution in [2.75, 3.05) is 5.32 Å². The van der Waals surface area contributed by atoms with Gasteiger partial charge in [0.1, 0.15) is 0 Å². The lowest BCUT2D eigenvalue weighted by Gasteiger charge is -2.36. The van der Waals surface area contributed by atoms with Crippen molar-refractivity contribution < 1.29 is 4.39 Å². The van der Waals surface area contributed by atoms with Crippen molar-refractivity contribution in [3.8, 4) is 0 Å². The zero-order valence-electron chi connectivity index (χ0n) is 10.3. The van der Waals surface area contributed by atoms with Gasteiger partial charge in [-0.3, -0.25) is 0 Å². The van der Waals surface area contributed by atoms with Crippen LogP contribution in [0, 0.1) is 5.95 Å². The first-order chi connectivity index (χ1) is 9.20. The number of benzene rings is 1. The quantitative estimate of drug-likeness (QED) is 0.851. The topological polar surface area (TPSA) is 24.9 Å². The van der Waals surface area contributed by atoms with Gasteiger partial charge in [-0.15, -0.1) is 0 Å². The van der Waals surface area contributed by atoms with E-state index in [-0.39, 0.29) is 0 Å². The molecular formula is C15H14BrFN2. The molecule has 2 aromatic rings. The molecule has 1 aromatic carbocycles. The molecule has 0 aliphatic heterocycles. The van der Waals surface area contributed by atoms with Crippen molar-refractivity contribution in [1.29, 1.82) is 0 Å². The summed E-state index contributed by atoms with van der Waals surface area (Å²) in [5.74, 6) is 0.186. The van der Waals surface area contributed by atoms with Crippen LogP contribution in [0.4, 0.5) is 10.1 Å². The molecule has 4 heteroatoms. The molecule has 1 aliphatic rings. The Morgan fingerprint density at radius 1 is 1.11 bits per heavy atom. The second-order valence-electron chi connectivity index (χ2n) is 4.93. The predicted octanol–water partition coefficient (Wildman–Crippen LogP) is 4.34. The number of rotatable bonds is 3. The van der Waals surface area contributed by atoms with Crippen LogP contribution < -0.4 is 5.32 Å². The fourth-order valence-electron chi connectivity index (χ4n) is 2.44. The molecule has 1 fully saturated rings. The third-order valence-electron chi connectivity index (χ3n) is 3.58. The lowest BCUT2D eigenvalue weighted by Crippen LogP contribution is -2.34.